The lowest BCUT2D eigenvalue weighted by atomic mass is 10.0. The Morgan fingerprint density at radius 3 is 2.21 bits per heavy atom. The number of benzene rings is 3. The summed E-state index contributed by atoms with van der Waals surface area (Å²) in [7, 11) is 1.57. The second kappa shape index (κ2) is 13.1. The van der Waals surface area contributed by atoms with Crippen LogP contribution in [0, 0.1) is 0 Å². The first kappa shape index (κ1) is 26.4. The standard InChI is InChI=1S/C26H25Cl3N2O2S/c1-30-26(33)24(14-18-7-3-2-4-8-18)31(15-21-22(28)11-6-12-23(21)29)25(32)17-34-16-19-9-5-10-20(27)13-19/h2-13,24H,14-17H2,1H3,(H,30,33). The van der Waals surface area contributed by atoms with Gasteiger partial charge in [-0.1, -0.05) is 83.3 Å². The molecule has 4 nitrogen and oxygen atoms in total. The van der Waals surface area contributed by atoms with Crippen molar-refractivity contribution < 1.29 is 9.59 Å². The third-order valence-corrected chi connectivity index (χ3v) is 7.22. The molecule has 3 aromatic carbocycles. The molecular weight excluding hydrogens is 511 g/mol. The van der Waals surface area contributed by atoms with Gasteiger partial charge in [0.1, 0.15) is 6.04 Å². The molecule has 0 aliphatic carbocycles. The number of carbonyl (C=O) groups excluding carboxylic acids is 2. The van der Waals surface area contributed by atoms with E-state index >= 15 is 0 Å². The quantitative estimate of drug-likeness (QED) is 0.333. The van der Waals surface area contributed by atoms with E-state index in [1.54, 1.807) is 30.1 Å². The van der Waals surface area contributed by atoms with Crippen LogP contribution in [-0.4, -0.2) is 35.6 Å². The maximum Gasteiger partial charge on any atom is 0.242 e. The average molecular weight is 536 g/mol. The Morgan fingerprint density at radius 1 is 0.912 bits per heavy atom. The summed E-state index contributed by atoms with van der Waals surface area (Å²) >= 11 is 20.4. The Morgan fingerprint density at radius 2 is 1.56 bits per heavy atom. The van der Waals surface area contributed by atoms with E-state index in [-0.39, 0.29) is 24.1 Å². The molecule has 0 aromatic heterocycles. The fraction of sp³-hybridized carbons (Fsp3) is 0.231. The zero-order valence-corrected chi connectivity index (χ0v) is 21.7. The molecule has 8 heteroatoms. The van der Waals surface area contributed by atoms with Gasteiger partial charge in [-0.25, -0.2) is 0 Å². The lowest BCUT2D eigenvalue weighted by Gasteiger charge is -2.31. The van der Waals surface area contributed by atoms with Crippen molar-refractivity contribution in [2.24, 2.45) is 0 Å². The lowest BCUT2D eigenvalue weighted by molar-refractivity contribution is -0.139. The second-order valence-electron chi connectivity index (χ2n) is 7.66. The molecule has 0 radical (unpaired) electrons. The van der Waals surface area contributed by atoms with E-state index in [4.69, 9.17) is 34.8 Å². The highest BCUT2D eigenvalue weighted by atomic mass is 35.5. The number of nitrogens with one attached hydrogen (secondary N) is 1. The van der Waals surface area contributed by atoms with Crippen LogP contribution in [0.4, 0.5) is 0 Å². The van der Waals surface area contributed by atoms with Crippen molar-refractivity contribution in [1.29, 1.82) is 0 Å². The van der Waals surface area contributed by atoms with Gasteiger partial charge in [-0.3, -0.25) is 9.59 Å². The summed E-state index contributed by atoms with van der Waals surface area (Å²) in [5, 5.41) is 4.26. The molecule has 3 aromatic rings. The van der Waals surface area contributed by atoms with Crippen molar-refractivity contribution in [2.75, 3.05) is 12.8 Å². The first-order valence-electron chi connectivity index (χ1n) is 10.7. The molecule has 178 valence electrons. The van der Waals surface area contributed by atoms with E-state index in [2.05, 4.69) is 5.32 Å². The van der Waals surface area contributed by atoms with E-state index in [0.29, 0.717) is 32.8 Å². The van der Waals surface area contributed by atoms with E-state index in [1.165, 1.54) is 11.8 Å². The van der Waals surface area contributed by atoms with E-state index in [1.807, 2.05) is 54.6 Å². The van der Waals surface area contributed by atoms with Gasteiger partial charge < -0.3 is 10.2 Å². The molecule has 2 amide bonds. The number of rotatable bonds is 10. The van der Waals surface area contributed by atoms with Crippen molar-refractivity contribution in [3.05, 3.63) is 105 Å². The topological polar surface area (TPSA) is 49.4 Å². The van der Waals surface area contributed by atoms with Crippen LogP contribution in [0.1, 0.15) is 16.7 Å². The first-order chi connectivity index (χ1) is 16.4. The summed E-state index contributed by atoms with van der Waals surface area (Å²) in [5.74, 6) is 0.389. The van der Waals surface area contributed by atoms with Gasteiger partial charge in [-0.15, -0.1) is 11.8 Å². The van der Waals surface area contributed by atoms with Gasteiger partial charge in [0.25, 0.3) is 0 Å². The lowest BCUT2D eigenvalue weighted by Crippen LogP contribution is -2.50. The van der Waals surface area contributed by atoms with Crippen LogP contribution >= 0.6 is 46.6 Å². The molecule has 1 unspecified atom stereocenters. The smallest absolute Gasteiger partial charge is 0.242 e. The van der Waals surface area contributed by atoms with Crippen LogP contribution in [0.2, 0.25) is 15.1 Å². The molecule has 0 fully saturated rings. The number of hydrogen-bond acceptors (Lipinski definition) is 3. The summed E-state index contributed by atoms with van der Waals surface area (Å²) in [4.78, 5) is 28.0. The molecule has 1 atom stereocenters. The maximum atomic E-state index is 13.5. The molecule has 0 saturated carbocycles. The second-order valence-corrected chi connectivity index (χ2v) is 9.90. The van der Waals surface area contributed by atoms with Crippen LogP contribution in [0.5, 0.6) is 0 Å². The van der Waals surface area contributed by atoms with E-state index in [0.717, 1.165) is 11.1 Å². The van der Waals surface area contributed by atoms with Crippen molar-refractivity contribution in [2.45, 2.75) is 24.8 Å². The van der Waals surface area contributed by atoms with Crippen LogP contribution in [0.3, 0.4) is 0 Å². The predicted octanol–water partition coefficient (Wildman–Crippen LogP) is 6.27. The maximum absolute atomic E-state index is 13.5. The molecule has 0 bridgehead atoms. The molecule has 1 N–H and O–H groups in total. The molecule has 3 rings (SSSR count). The number of thioether (sulfide) groups is 1. The first-order valence-corrected chi connectivity index (χ1v) is 13.0. The fourth-order valence-electron chi connectivity index (χ4n) is 3.54. The molecule has 0 aliphatic heterocycles. The highest BCUT2D eigenvalue weighted by Crippen LogP contribution is 2.28. The highest BCUT2D eigenvalue weighted by molar-refractivity contribution is 7.99. The predicted molar refractivity (Wildman–Crippen MR) is 143 cm³/mol. The molecule has 34 heavy (non-hydrogen) atoms. The van der Waals surface area contributed by atoms with Crippen molar-refractivity contribution in [1.82, 2.24) is 10.2 Å². The molecule has 0 heterocycles. The van der Waals surface area contributed by atoms with Crippen LogP contribution < -0.4 is 5.32 Å². The summed E-state index contributed by atoms with van der Waals surface area (Å²) in [5.41, 5.74) is 2.59. The number of likely N-dealkylation sites (N-methyl/N-ethyl adjacent to an activating group) is 1. The third-order valence-electron chi connectivity index (χ3n) is 5.29. The zero-order chi connectivity index (χ0) is 24.5. The Bertz CT molecular complexity index is 1110. The zero-order valence-electron chi connectivity index (χ0n) is 18.6. The van der Waals surface area contributed by atoms with Crippen LogP contribution in [0.15, 0.2) is 72.8 Å². The average Bonchev–Trinajstić information content (AvgIpc) is 2.83. The number of nitrogens with zero attached hydrogens (tertiary/aromatic N) is 1. The van der Waals surface area contributed by atoms with Gasteiger partial charge in [0.05, 0.1) is 5.75 Å². The van der Waals surface area contributed by atoms with Gasteiger partial charge >= 0.3 is 0 Å². The third kappa shape index (κ3) is 7.41. The van der Waals surface area contributed by atoms with Gasteiger partial charge in [0.15, 0.2) is 0 Å². The Labute approximate surface area is 219 Å². The summed E-state index contributed by atoms with van der Waals surface area (Å²) in [6.45, 7) is 0.125. The number of carbonyl (C=O) groups is 2. The minimum absolute atomic E-state index is 0.125. The molecule has 0 aliphatic rings. The highest BCUT2D eigenvalue weighted by Gasteiger charge is 2.30. The van der Waals surface area contributed by atoms with Crippen molar-refractivity contribution in [3.63, 3.8) is 0 Å². The molecule has 0 spiro atoms. The fourth-order valence-corrected chi connectivity index (χ4v) is 5.13. The van der Waals surface area contributed by atoms with Gasteiger partial charge in [0.2, 0.25) is 11.8 Å². The minimum atomic E-state index is -0.723. The van der Waals surface area contributed by atoms with Gasteiger partial charge in [-0.2, -0.15) is 0 Å². The summed E-state index contributed by atoms with van der Waals surface area (Å²) < 4.78 is 0. The van der Waals surface area contributed by atoms with Crippen LogP contribution in [0.25, 0.3) is 0 Å². The number of amides is 2. The van der Waals surface area contributed by atoms with Crippen LogP contribution in [-0.2, 0) is 28.3 Å². The minimum Gasteiger partial charge on any atom is -0.357 e. The molecular formula is C26H25Cl3N2O2S. The number of halogens is 3. The normalized spacial score (nSPS) is 11.6. The summed E-state index contributed by atoms with van der Waals surface area (Å²) in [6, 6.07) is 21.6. The van der Waals surface area contributed by atoms with Crippen molar-refractivity contribution in [3.8, 4) is 0 Å². The Hall–Kier alpha value is -2.18. The number of hydrogen-bond donors (Lipinski definition) is 1. The van der Waals surface area contributed by atoms with Crippen molar-refractivity contribution >= 4 is 58.4 Å². The van der Waals surface area contributed by atoms with E-state index < -0.39 is 6.04 Å². The largest absolute Gasteiger partial charge is 0.357 e. The molecule has 0 saturated heterocycles. The monoisotopic (exact) mass is 534 g/mol. The Kier molecular flexibility index (Phi) is 10.1. The SMILES string of the molecule is CNC(=O)C(Cc1ccccc1)N(Cc1c(Cl)cccc1Cl)C(=O)CSCc1cccc(Cl)c1. The summed E-state index contributed by atoms with van der Waals surface area (Å²) in [6.07, 6.45) is 0.368. The van der Waals surface area contributed by atoms with E-state index in [9.17, 15) is 9.59 Å². The Balaban J connectivity index is 1.86. The van der Waals surface area contributed by atoms with Gasteiger partial charge in [0, 0.05) is 46.4 Å². The van der Waals surface area contributed by atoms with Gasteiger partial charge in [-0.05, 0) is 35.4 Å².